The van der Waals surface area contributed by atoms with Gasteiger partial charge in [-0.2, -0.15) is 5.26 Å². The molecule has 0 aliphatic heterocycles. The summed E-state index contributed by atoms with van der Waals surface area (Å²) in [4.78, 5) is 14.1. The lowest BCUT2D eigenvalue weighted by Crippen LogP contribution is -2.30. The van der Waals surface area contributed by atoms with Crippen molar-refractivity contribution in [3.05, 3.63) is 59.2 Å². The number of hydrogen-bond acceptors (Lipinski definition) is 3. The molecule has 2 aromatic rings. The Balaban J connectivity index is 2.02. The molecule has 0 saturated heterocycles. The summed E-state index contributed by atoms with van der Waals surface area (Å²) in [5.41, 5.74) is 4.70. The number of hydrogen-bond donors (Lipinski definition) is 1. The van der Waals surface area contributed by atoms with Gasteiger partial charge in [-0.25, -0.2) is 0 Å². The molecule has 0 atom stereocenters. The molecule has 22 heavy (non-hydrogen) atoms. The Labute approximate surface area is 131 Å². The molecule has 0 unspecified atom stereocenters. The van der Waals surface area contributed by atoms with Gasteiger partial charge in [0.25, 0.3) is 0 Å². The van der Waals surface area contributed by atoms with E-state index in [1.807, 2.05) is 24.1 Å². The van der Waals surface area contributed by atoms with E-state index in [9.17, 15) is 4.79 Å². The molecule has 0 radical (unpaired) electrons. The Morgan fingerprint density at radius 2 is 1.86 bits per heavy atom. The summed E-state index contributed by atoms with van der Waals surface area (Å²) in [6.07, 6.45) is 0. The second kappa shape index (κ2) is 6.77. The van der Waals surface area contributed by atoms with E-state index in [1.165, 1.54) is 11.1 Å². The highest BCUT2D eigenvalue weighted by Gasteiger charge is 2.10. The zero-order valence-corrected chi connectivity index (χ0v) is 13.1. The maximum absolute atomic E-state index is 12.1. The highest BCUT2D eigenvalue weighted by molar-refractivity contribution is 5.94. The van der Waals surface area contributed by atoms with Crippen LogP contribution in [0.1, 0.15) is 16.7 Å². The maximum Gasteiger partial charge on any atom is 0.243 e. The highest BCUT2D eigenvalue weighted by atomic mass is 16.2. The van der Waals surface area contributed by atoms with Crippen molar-refractivity contribution >= 4 is 17.3 Å². The standard InChI is InChI=1S/C18H19N3O/c1-13-5-4-6-17(14(13)2)21(3)12-18(22)20-16-9-7-15(11-19)8-10-16/h4-10H,12H2,1-3H3,(H,20,22). The summed E-state index contributed by atoms with van der Waals surface area (Å²) < 4.78 is 0. The summed E-state index contributed by atoms with van der Waals surface area (Å²) >= 11 is 0. The lowest BCUT2D eigenvalue weighted by molar-refractivity contribution is -0.114. The molecular weight excluding hydrogens is 274 g/mol. The lowest BCUT2D eigenvalue weighted by Gasteiger charge is -2.21. The Morgan fingerprint density at radius 1 is 1.18 bits per heavy atom. The van der Waals surface area contributed by atoms with Gasteiger partial charge in [0, 0.05) is 18.4 Å². The minimum Gasteiger partial charge on any atom is -0.365 e. The second-order valence-electron chi connectivity index (χ2n) is 5.31. The number of nitrogens with one attached hydrogen (secondary N) is 1. The molecule has 0 aliphatic rings. The number of anilines is 2. The predicted molar refractivity (Wildman–Crippen MR) is 89.0 cm³/mol. The predicted octanol–water partition coefficient (Wildman–Crippen LogP) is 3.25. The van der Waals surface area contributed by atoms with Crippen LogP contribution in [0.3, 0.4) is 0 Å². The molecule has 4 nitrogen and oxygen atoms in total. The third kappa shape index (κ3) is 3.64. The molecule has 0 spiro atoms. The van der Waals surface area contributed by atoms with Crippen LogP contribution in [0.5, 0.6) is 0 Å². The van der Waals surface area contributed by atoms with E-state index in [-0.39, 0.29) is 12.5 Å². The van der Waals surface area contributed by atoms with Gasteiger partial charge < -0.3 is 10.2 Å². The van der Waals surface area contributed by atoms with Crippen molar-refractivity contribution in [2.75, 3.05) is 23.8 Å². The minimum atomic E-state index is -0.0897. The van der Waals surface area contributed by atoms with Crippen LogP contribution >= 0.6 is 0 Å². The average molecular weight is 293 g/mol. The molecule has 0 saturated carbocycles. The summed E-state index contributed by atoms with van der Waals surface area (Å²) in [7, 11) is 1.90. The van der Waals surface area contributed by atoms with Crippen molar-refractivity contribution in [1.29, 1.82) is 5.26 Å². The monoisotopic (exact) mass is 293 g/mol. The van der Waals surface area contributed by atoms with Gasteiger partial charge in [-0.3, -0.25) is 4.79 Å². The Morgan fingerprint density at radius 3 is 2.50 bits per heavy atom. The van der Waals surface area contributed by atoms with Gasteiger partial charge in [0.1, 0.15) is 0 Å². The minimum absolute atomic E-state index is 0.0897. The zero-order valence-electron chi connectivity index (χ0n) is 13.1. The molecule has 4 heteroatoms. The van der Waals surface area contributed by atoms with Crippen molar-refractivity contribution in [3.63, 3.8) is 0 Å². The molecule has 2 aromatic carbocycles. The van der Waals surface area contributed by atoms with E-state index in [0.29, 0.717) is 11.3 Å². The topological polar surface area (TPSA) is 56.1 Å². The molecular formula is C18H19N3O. The van der Waals surface area contributed by atoms with Crippen LogP contribution in [-0.2, 0) is 4.79 Å². The number of benzene rings is 2. The van der Waals surface area contributed by atoms with Crippen LogP contribution in [0, 0.1) is 25.2 Å². The van der Waals surface area contributed by atoms with E-state index in [4.69, 9.17) is 5.26 Å². The Bertz CT molecular complexity index is 714. The number of carbonyl (C=O) groups excluding carboxylic acids is 1. The van der Waals surface area contributed by atoms with Crippen molar-refractivity contribution in [1.82, 2.24) is 0 Å². The summed E-state index contributed by atoms with van der Waals surface area (Å²) in [5, 5.41) is 11.6. The summed E-state index contributed by atoms with van der Waals surface area (Å²) in [6, 6.07) is 14.9. The van der Waals surface area contributed by atoms with E-state index in [1.54, 1.807) is 24.3 Å². The van der Waals surface area contributed by atoms with Gasteiger partial charge in [0.2, 0.25) is 5.91 Å². The lowest BCUT2D eigenvalue weighted by atomic mass is 10.1. The second-order valence-corrected chi connectivity index (χ2v) is 5.31. The molecule has 0 heterocycles. The van der Waals surface area contributed by atoms with Crippen molar-refractivity contribution in [3.8, 4) is 6.07 Å². The molecule has 0 bridgehead atoms. The van der Waals surface area contributed by atoms with Crippen molar-refractivity contribution in [2.24, 2.45) is 0 Å². The van der Waals surface area contributed by atoms with Gasteiger partial charge in [-0.15, -0.1) is 0 Å². The first kappa shape index (κ1) is 15.6. The number of likely N-dealkylation sites (N-methyl/N-ethyl adjacent to an activating group) is 1. The van der Waals surface area contributed by atoms with Crippen LogP contribution in [0.15, 0.2) is 42.5 Å². The van der Waals surface area contributed by atoms with Gasteiger partial charge >= 0.3 is 0 Å². The number of amides is 1. The van der Waals surface area contributed by atoms with Gasteiger partial charge in [-0.05, 0) is 55.3 Å². The van der Waals surface area contributed by atoms with Crippen molar-refractivity contribution in [2.45, 2.75) is 13.8 Å². The Hall–Kier alpha value is -2.80. The van der Waals surface area contributed by atoms with E-state index in [2.05, 4.69) is 31.3 Å². The van der Waals surface area contributed by atoms with Gasteiger partial charge in [-0.1, -0.05) is 12.1 Å². The third-order valence-corrected chi connectivity index (χ3v) is 3.67. The number of carbonyl (C=O) groups is 1. The van der Waals surface area contributed by atoms with Gasteiger partial charge in [0.15, 0.2) is 0 Å². The molecule has 1 N–H and O–H groups in total. The fraction of sp³-hybridized carbons (Fsp3) is 0.222. The molecule has 0 aromatic heterocycles. The Kier molecular flexibility index (Phi) is 4.80. The molecule has 112 valence electrons. The summed E-state index contributed by atoms with van der Waals surface area (Å²) in [5.74, 6) is -0.0897. The number of rotatable bonds is 4. The largest absolute Gasteiger partial charge is 0.365 e. The van der Waals surface area contributed by atoms with Crippen LogP contribution in [0.4, 0.5) is 11.4 Å². The number of aryl methyl sites for hydroxylation is 1. The van der Waals surface area contributed by atoms with E-state index in [0.717, 1.165) is 5.69 Å². The van der Waals surface area contributed by atoms with E-state index >= 15 is 0 Å². The van der Waals surface area contributed by atoms with Crippen LogP contribution in [0.25, 0.3) is 0 Å². The average Bonchev–Trinajstić information content (AvgIpc) is 2.50. The SMILES string of the molecule is Cc1cccc(N(C)CC(=O)Nc2ccc(C#N)cc2)c1C. The molecule has 1 amide bonds. The van der Waals surface area contributed by atoms with Crippen LogP contribution in [-0.4, -0.2) is 19.5 Å². The third-order valence-electron chi connectivity index (χ3n) is 3.67. The number of nitriles is 1. The number of nitrogens with zero attached hydrogens (tertiary/aromatic N) is 2. The fourth-order valence-corrected chi connectivity index (χ4v) is 2.28. The molecule has 2 rings (SSSR count). The smallest absolute Gasteiger partial charge is 0.243 e. The normalized spacial score (nSPS) is 9.91. The molecule has 0 aliphatic carbocycles. The van der Waals surface area contributed by atoms with E-state index < -0.39 is 0 Å². The maximum atomic E-state index is 12.1. The fourth-order valence-electron chi connectivity index (χ4n) is 2.28. The quantitative estimate of drug-likeness (QED) is 0.941. The van der Waals surface area contributed by atoms with Crippen LogP contribution < -0.4 is 10.2 Å². The first-order valence-electron chi connectivity index (χ1n) is 7.08. The van der Waals surface area contributed by atoms with Gasteiger partial charge in [0.05, 0.1) is 18.2 Å². The molecule has 0 fully saturated rings. The first-order valence-corrected chi connectivity index (χ1v) is 7.08. The zero-order chi connectivity index (χ0) is 16.1. The van der Waals surface area contributed by atoms with Crippen LogP contribution in [0.2, 0.25) is 0 Å². The first-order chi connectivity index (χ1) is 10.5. The summed E-state index contributed by atoms with van der Waals surface area (Å²) in [6.45, 7) is 4.38. The highest BCUT2D eigenvalue weighted by Crippen LogP contribution is 2.21. The van der Waals surface area contributed by atoms with Crippen molar-refractivity contribution < 1.29 is 4.79 Å².